The van der Waals surface area contributed by atoms with Gasteiger partial charge in [0.05, 0.1) is 15.6 Å². The number of benzene rings is 1. The van der Waals surface area contributed by atoms with Gasteiger partial charge in [0, 0.05) is 19.1 Å². The van der Waals surface area contributed by atoms with E-state index in [0.717, 1.165) is 19.3 Å². The molecule has 1 aliphatic carbocycles. The van der Waals surface area contributed by atoms with Crippen molar-refractivity contribution >= 4 is 27.3 Å². The molecule has 1 saturated carbocycles. The molecule has 0 atom stereocenters. The van der Waals surface area contributed by atoms with Crippen molar-refractivity contribution in [3.63, 3.8) is 0 Å². The van der Waals surface area contributed by atoms with Crippen molar-refractivity contribution in [1.29, 1.82) is 0 Å². The predicted octanol–water partition coefficient (Wildman–Crippen LogP) is 2.03. The lowest BCUT2D eigenvalue weighted by atomic mass is 9.75. The minimum Gasteiger partial charge on any atom is -0.397 e. The van der Waals surface area contributed by atoms with Gasteiger partial charge >= 0.3 is 0 Å². The number of sulfonamides is 1. The Morgan fingerprint density at radius 1 is 1.29 bits per heavy atom. The molecule has 2 N–H and O–H groups in total. The molecular formula is C14H22ClN3O2S. The first-order chi connectivity index (χ1) is 9.69. The van der Waals surface area contributed by atoms with Crippen LogP contribution in [-0.4, -0.2) is 50.8 Å². The molecule has 1 aromatic carbocycles. The number of nitrogens with zero attached hydrogens (tertiary/aromatic N) is 2. The van der Waals surface area contributed by atoms with Crippen LogP contribution in [0.3, 0.4) is 0 Å². The SMILES string of the molecule is CN(C)C1(CN(C)S(=O)(=O)c2ccc(Cl)c(N)c2)CCC1. The van der Waals surface area contributed by atoms with E-state index in [9.17, 15) is 8.42 Å². The normalized spacial score (nSPS) is 18.0. The van der Waals surface area contributed by atoms with Gasteiger partial charge in [0.2, 0.25) is 10.0 Å². The number of hydrogen-bond acceptors (Lipinski definition) is 4. The monoisotopic (exact) mass is 331 g/mol. The van der Waals surface area contributed by atoms with E-state index in [0.29, 0.717) is 11.6 Å². The summed E-state index contributed by atoms with van der Waals surface area (Å²) in [6, 6.07) is 4.42. The molecule has 5 nitrogen and oxygen atoms in total. The first kappa shape index (κ1) is 16.5. The lowest BCUT2D eigenvalue weighted by Gasteiger charge is -2.48. The van der Waals surface area contributed by atoms with Crippen LogP contribution in [0.1, 0.15) is 19.3 Å². The number of likely N-dealkylation sites (N-methyl/N-ethyl adjacent to an activating group) is 2. The summed E-state index contributed by atoms with van der Waals surface area (Å²) in [5, 5.41) is 0.361. The Kier molecular flexibility index (Phi) is 4.54. The Hall–Kier alpha value is -0.820. The van der Waals surface area contributed by atoms with Gasteiger partial charge in [-0.2, -0.15) is 4.31 Å². The first-order valence-electron chi connectivity index (χ1n) is 6.88. The van der Waals surface area contributed by atoms with Crippen molar-refractivity contribution in [3.05, 3.63) is 23.2 Å². The number of nitrogens with two attached hydrogens (primary N) is 1. The van der Waals surface area contributed by atoms with E-state index in [1.807, 2.05) is 14.1 Å². The lowest BCUT2D eigenvalue weighted by Crippen LogP contribution is -2.57. The average molecular weight is 332 g/mol. The van der Waals surface area contributed by atoms with Crippen LogP contribution in [0.5, 0.6) is 0 Å². The number of rotatable bonds is 5. The zero-order valence-corrected chi connectivity index (χ0v) is 14.2. The topological polar surface area (TPSA) is 66.6 Å². The zero-order valence-electron chi connectivity index (χ0n) is 12.6. The van der Waals surface area contributed by atoms with Gasteiger partial charge in [-0.1, -0.05) is 11.6 Å². The van der Waals surface area contributed by atoms with Crippen LogP contribution in [0, 0.1) is 0 Å². The van der Waals surface area contributed by atoms with Crippen LogP contribution in [0.25, 0.3) is 0 Å². The van der Waals surface area contributed by atoms with E-state index in [1.165, 1.54) is 22.5 Å². The predicted molar refractivity (Wildman–Crippen MR) is 85.9 cm³/mol. The quantitative estimate of drug-likeness (QED) is 0.838. The van der Waals surface area contributed by atoms with Gasteiger partial charge in [-0.05, 0) is 51.6 Å². The standard InChI is InChI=1S/C14H22ClN3O2S/c1-17(2)14(7-4-8-14)10-18(3)21(19,20)11-5-6-12(15)13(16)9-11/h5-6,9H,4,7-8,10,16H2,1-3H3. The lowest BCUT2D eigenvalue weighted by molar-refractivity contribution is 0.0455. The Bertz CT molecular complexity index is 627. The van der Waals surface area contributed by atoms with E-state index in [2.05, 4.69) is 4.90 Å². The van der Waals surface area contributed by atoms with Gasteiger partial charge in [-0.25, -0.2) is 8.42 Å². The fraction of sp³-hybridized carbons (Fsp3) is 0.571. The molecule has 1 aromatic rings. The minimum absolute atomic E-state index is 0.0558. The second kappa shape index (κ2) is 5.76. The third-order valence-electron chi connectivity index (χ3n) is 4.43. The molecule has 0 saturated heterocycles. The second-order valence-corrected chi connectivity index (χ2v) is 8.37. The summed E-state index contributed by atoms with van der Waals surface area (Å²) in [4.78, 5) is 2.30. The molecule has 118 valence electrons. The molecule has 0 heterocycles. The molecule has 0 aromatic heterocycles. The highest BCUT2D eigenvalue weighted by atomic mass is 35.5. The molecular weight excluding hydrogens is 310 g/mol. The van der Waals surface area contributed by atoms with Crippen molar-refractivity contribution in [1.82, 2.24) is 9.21 Å². The van der Waals surface area contributed by atoms with Crippen LogP contribution < -0.4 is 5.73 Å². The first-order valence-corrected chi connectivity index (χ1v) is 8.70. The molecule has 2 rings (SSSR count). The van der Waals surface area contributed by atoms with Crippen molar-refractivity contribution in [2.24, 2.45) is 0 Å². The van der Waals surface area contributed by atoms with Gasteiger partial charge in [-0.15, -0.1) is 0 Å². The van der Waals surface area contributed by atoms with Crippen molar-refractivity contribution in [2.45, 2.75) is 29.7 Å². The zero-order chi connectivity index (χ0) is 15.8. The summed E-state index contributed by atoms with van der Waals surface area (Å²) in [7, 11) is 2.06. The van der Waals surface area contributed by atoms with Gasteiger partial charge in [0.1, 0.15) is 0 Å². The van der Waals surface area contributed by atoms with Crippen LogP contribution >= 0.6 is 11.6 Å². The number of hydrogen-bond donors (Lipinski definition) is 1. The molecule has 0 radical (unpaired) electrons. The summed E-state index contributed by atoms with van der Waals surface area (Å²) in [6.07, 6.45) is 3.17. The van der Waals surface area contributed by atoms with Crippen LogP contribution in [0.15, 0.2) is 23.1 Å². The van der Waals surface area contributed by atoms with Gasteiger partial charge in [0.15, 0.2) is 0 Å². The van der Waals surface area contributed by atoms with E-state index < -0.39 is 10.0 Å². The maximum atomic E-state index is 12.6. The maximum absolute atomic E-state index is 12.6. The maximum Gasteiger partial charge on any atom is 0.242 e. The van der Waals surface area contributed by atoms with Gasteiger partial charge in [0.25, 0.3) is 0 Å². The smallest absolute Gasteiger partial charge is 0.242 e. The van der Waals surface area contributed by atoms with E-state index in [-0.39, 0.29) is 16.1 Å². The van der Waals surface area contributed by atoms with E-state index in [4.69, 9.17) is 17.3 Å². The highest BCUT2D eigenvalue weighted by Gasteiger charge is 2.42. The fourth-order valence-electron chi connectivity index (χ4n) is 2.69. The van der Waals surface area contributed by atoms with Crippen LogP contribution in [0.4, 0.5) is 5.69 Å². The van der Waals surface area contributed by atoms with Crippen molar-refractivity contribution in [2.75, 3.05) is 33.4 Å². The third kappa shape index (κ3) is 3.04. The van der Waals surface area contributed by atoms with Gasteiger partial charge in [-0.3, -0.25) is 0 Å². The largest absolute Gasteiger partial charge is 0.397 e. The van der Waals surface area contributed by atoms with Crippen molar-refractivity contribution < 1.29 is 8.42 Å². The third-order valence-corrected chi connectivity index (χ3v) is 6.57. The average Bonchev–Trinajstić information content (AvgIpc) is 2.36. The Labute approximate surface area is 131 Å². The summed E-state index contributed by atoms with van der Waals surface area (Å²) in [5.41, 5.74) is 5.93. The summed E-state index contributed by atoms with van der Waals surface area (Å²) < 4.78 is 26.7. The number of nitrogen functional groups attached to an aromatic ring is 1. The molecule has 0 unspecified atom stereocenters. The Morgan fingerprint density at radius 3 is 2.33 bits per heavy atom. The second-order valence-electron chi connectivity index (χ2n) is 5.92. The van der Waals surface area contributed by atoms with Crippen molar-refractivity contribution in [3.8, 4) is 0 Å². The summed E-state index contributed by atoms with van der Waals surface area (Å²) >= 11 is 5.85. The molecule has 0 amide bonds. The molecule has 0 spiro atoms. The Morgan fingerprint density at radius 2 is 1.90 bits per heavy atom. The molecule has 0 aliphatic heterocycles. The van der Waals surface area contributed by atoms with E-state index in [1.54, 1.807) is 7.05 Å². The summed E-state index contributed by atoms with van der Waals surface area (Å²) in [5.74, 6) is 0. The molecule has 0 bridgehead atoms. The van der Waals surface area contributed by atoms with Crippen LogP contribution in [-0.2, 0) is 10.0 Å². The van der Waals surface area contributed by atoms with E-state index >= 15 is 0 Å². The van der Waals surface area contributed by atoms with Crippen LogP contribution in [0.2, 0.25) is 5.02 Å². The molecule has 7 heteroatoms. The molecule has 21 heavy (non-hydrogen) atoms. The highest BCUT2D eigenvalue weighted by molar-refractivity contribution is 7.89. The number of anilines is 1. The highest BCUT2D eigenvalue weighted by Crippen LogP contribution is 2.37. The molecule has 1 fully saturated rings. The minimum atomic E-state index is -3.55. The fourth-order valence-corrected chi connectivity index (χ4v) is 4.10. The number of halogens is 1. The summed E-state index contributed by atoms with van der Waals surface area (Å²) in [6.45, 7) is 0.477. The van der Waals surface area contributed by atoms with Gasteiger partial charge < -0.3 is 10.6 Å². The Balaban J connectivity index is 2.24. The molecule has 1 aliphatic rings.